The third kappa shape index (κ3) is 8.32. The highest BCUT2D eigenvalue weighted by atomic mass is 16.5. The summed E-state index contributed by atoms with van der Waals surface area (Å²) in [4.78, 5) is 2.32. The summed E-state index contributed by atoms with van der Waals surface area (Å²) in [5.41, 5.74) is 2.57. The minimum absolute atomic E-state index is 0.359. The summed E-state index contributed by atoms with van der Waals surface area (Å²) in [6.45, 7) is 13.5. The molecule has 22 heavy (non-hydrogen) atoms. The maximum absolute atomic E-state index is 10.1. The Kier molecular flexibility index (Phi) is 9.05. The fourth-order valence-corrected chi connectivity index (χ4v) is 2.38. The second-order valence-corrected chi connectivity index (χ2v) is 6.39. The van der Waals surface area contributed by atoms with Crippen molar-refractivity contribution in [3.05, 3.63) is 48.0 Å². The molecule has 0 aliphatic carbocycles. The Morgan fingerprint density at radius 1 is 1.36 bits per heavy atom. The van der Waals surface area contributed by atoms with E-state index in [9.17, 15) is 5.11 Å². The Balaban J connectivity index is 2.56. The van der Waals surface area contributed by atoms with Gasteiger partial charge >= 0.3 is 0 Å². The molecule has 124 valence electrons. The summed E-state index contributed by atoms with van der Waals surface area (Å²) in [5, 5.41) is 10.1. The molecule has 0 aromatic heterocycles. The zero-order valence-corrected chi connectivity index (χ0v) is 14.3. The Morgan fingerprint density at radius 2 is 2.14 bits per heavy atom. The van der Waals surface area contributed by atoms with E-state index in [0.717, 1.165) is 19.5 Å². The lowest BCUT2D eigenvalue weighted by atomic mass is 10.1. The van der Waals surface area contributed by atoms with Gasteiger partial charge in [0.1, 0.15) is 0 Å². The van der Waals surface area contributed by atoms with Crippen LogP contribution in [0.15, 0.2) is 36.9 Å². The van der Waals surface area contributed by atoms with E-state index in [1.54, 1.807) is 6.08 Å². The highest BCUT2D eigenvalue weighted by Gasteiger charge is 2.13. The van der Waals surface area contributed by atoms with E-state index >= 15 is 0 Å². The molecule has 1 rings (SSSR count). The van der Waals surface area contributed by atoms with E-state index in [0.29, 0.717) is 25.7 Å². The Hall–Kier alpha value is -1.16. The van der Waals surface area contributed by atoms with Crippen LogP contribution in [0.3, 0.4) is 0 Å². The van der Waals surface area contributed by atoms with Crippen LogP contribution in [-0.4, -0.2) is 42.4 Å². The lowest BCUT2D eigenvalue weighted by molar-refractivity contribution is 0.0237. The van der Waals surface area contributed by atoms with Crippen LogP contribution in [0.25, 0.3) is 0 Å². The van der Waals surface area contributed by atoms with Crippen LogP contribution in [0.4, 0.5) is 0 Å². The van der Waals surface area contributed by atoms with Gasteiger partial charge in [0.15, 0.2) is 0 Å². The molecule has 1 unspecified atom stereocenters. The van der Waals surface area contributed by atoms with E-state index in [1.165, 1.54) is 11.1 Å². The summed E-state index contributed by atoms with van der Waals surface area (Å²) < 4.78 is 5.35. The van der Waals surface area contributed by atoms with Crippen LogP contribution in [0, 0.1) is 12.8 Å². The second-order valence-electron chi connectivity index (χ2n) is 6.39. The maximum Gasteiger partial charge on any atom is 0.0900 e. The minimum Gasteiger partial charge on any atom is -0.389 e. The lowest BCUT2D eigenvalue weighted by Gasteiger charge is -2.26. The van der Waals surface area contributed by atoms with Crippen molar-refractivity contribution in [2.75, 3.05) is 26.3 Å². The van der Waals surface area contributed by atoms with Crippen LogP contribution in [-0.2, 0) is 11.3 Å². The molecule has 1 aromatic rings. The maximum atomic E-state index is 10.1. The summed E-state index contributed by atoms with van der Waals surface area (Å²) in [5.74, 6) is 0.661. The first-order valence-corrected chi connectivity index (χ1v) is 8.16. The van der Waals surface area contributed by atoms with Gasteiger partial charge in [-0.2, -0.15) is 0 Å². The number of ether oxygens (including phenoxy) is 1. The van der Waals surface area contributed by atoms with Crippen molar-refractivity contribution >= 4 is 0 Å². The number of aryl methyl sites for hydroxylation is 1. The van der Waals surface area contributed by atoms with E-state index in [4.69, 9.17) is 4.74 Å². The number of rotatable bonds is 11. The van der Waals surface area contributed by atoms with Gasteiger partial charge in [-0.15, -0.1) is 6.58 Å². The van der Waals surface area contributed by atoms with Crippen LogP contribution < -0.4 is 0 Å². The fourth-order valence-electron chi connectivity index (χ4n) is 2.38. The Morgan fingerprint density at radius 3 is 2.77 bits per heavy atom. The van der Waals surface area contributed by atoms with E-state index in [2.05, 4.69) is 56.5 Å². The van der Waals surface area contributed by atoms with Crippen LogP contribution in [0.5, 0.6) is 0 Å². The molecule has 0 aliphatic heterocycles. The predicted octanol–water partition coefficient (Wildman–Crippen LogP) is 3.41. The van der Waals surface area contributed by atoms with Crippen molar-refractivity contribution in [1.29, 1.82) is 0 Å². The first-order valence-electron chi connectivity index (χ1n) is 8.16. The van der Waals surface area contributed by atoms with Crippen molar-refractivity contribution in [1.82, 2.24) is 4.90 Å². The molecule has 1 aromatic carbocycles. The van der Waals surface area contributed by atoms with Gasteiger partial charge < -0.3 is 9.84 Å². The largest absolute Gasteiger partial charge is 0.389 e. The van der Waals surface area contributed by atoms with Gasteiger partial charge in [-0.05, 0) is 31.4 Å². The van der Waals surface area contributed by atoms with Crippen LogP contribution in [0.1, 0.15) is 31.4 Å². The smallest absolute Gasteiger partial charge is 0.0900 e. The van der Waals surface area contributed by atoms with Crippen molar-refractivity contribution in [2.45, 2.75) is 39.8 Å². The summed E-state index contributed by atoms with van der Waals surface area (Å²) >= 11 is 0. The molecule has 0 radical (unpaired) electrons. The highest BCUT2D eigenvalue weighted by molar-refractivity contribution is 5.22. The van der Waals surface area contributed by atoms with Gasteiger partial charge in [-0.3, -0.25) is 4.90 Å². The Bertz CT molecular complexity index is 431. The molecule has 1 N–H and O–H groups in total. The lowest BCUT2D eigenvalue weighted by Crippen LogP contribution is -2.35. The van der Waals surface area contributed by atoms with Gasteiger partial charge in [0, 0.05) is 13.1 Å². The summed E-state index contributed by atoms with van der Waals surface area (Å²) in [6, 6.07) is 8.56. The molecule has 0 saturated heterocycles. The summed E-state index contributed by atoms with van der Waals surface area (Å²) in [7, 11) is 0. The third-order valence-electron chi connectivity index (χ3n) is 3.53. The molecule has 0 spiro atoms. The van der Waals surface area contributed by atoms with Gasteiger partial charge in [-0.1, -0.05) is 49.8 Å². The van der Waals surface area contributed by atoms with Gasteiger partial charge in [0.25, 0.3) is 0 Å². The minimum atomic E-state index is -0.461. The van der Waals surface area contributed by atoms with Crippen LogP contribution in [0.2, 0.25) is 0 Å². The normalized spacial score (nSPS) is 12.8. The van der Waals surface area contributed by atoms with Crippen molar-refractivity contribution in [3.8, 4) is 0 Å². The predicted molar refractivity (Wildman–Crippen MR) is 92.9 cm³/mol. The molecule has 1 atom stereocenters. The molecule has 0 heterocycles. The molecule has 3 nitrogen and oxygen atoms in total. The van der Waals surface area contributed by atoms with E-state index in [1.807, 2.05) is 0 Å². The molecule has 0 saturated carbocycles. The zero-order valence-electron chi connectivity index (χ0n) is 14.3. The molecule has 0 aliphatic rings. The second kappa shape index (κ2) is 10.5. The average Bonchev–Trinajstić information content (AvgIpc) is 2.45. The SMILES string of the molecule is C=CCOCC(O)CN(CCC(C)C)Cc1cccc(C)c1. The fraction of sp³-hybridized carbons (Fsp3) is 0.579. The molecule has 0 bridgehead atoms. The number of aliphatic hydroxyl groups excluding tert-OH is 1. The van der Waals surface area contributed by atoms with E-state index < -0.39 is 6.10 Å². The molecule has 3 heteroatoms. The number of nitrogens with zero attached hydrogens (tertiary/aromatic N) is 1. The van der Waals surface area contributed by atoms with Gasteiger partial charge in [-0.25, -0.2) is 0 Å². The molecular weight excluding hydrogens is 274 g/mol. The topological polar surface area (TPSA) is 32.7 Å². The van der Waals surface area contributed by atoms with Crippen molar-refractivity contribution in [2.24, 2.45) is 5.92 Å². The number of hydrogen-bond acceptors (Lipinski definition) is 3. The Labute approximate surface area is 135 Å². The number of aliphatic hydroxyl groups is 1. The first-order chi connectivity index (χ1) is 10.5. The quantitative estimate of drug-likeness (QED) is 0.502. The molecular formula is C19H31NO2. The van der Waals surface area contributed by atoms with Gasteiger partial charge in [0.05, 0.1) is 19.3 Å². The number of hydrogen-bond donors (Lipinski definition) is 1. The standard InChI is InChI=1S/C19H31NO2/c1-5-11-22-15-19(21)14-20(10-9-16(2)3)13-18-8-6-7-17(4)12-18/h5-8,12,16,19,21H,1,9-11,13-15H2,2-4H3. The molecule has 0 amide bonds. The van der Waals surface area contributed by atoms with E-state index in [-0.39, 0.29) is 0 Å². The van der Waals surface area contributed by atoms with Crippen molar-refractivity contribution in [3.63, 3.8) is 0 Å². The number of benzene rings is 1. The van der Waals surface area contributed by atoms with Crippen molar-refractivity contribution < 1.29 is 9.84 Å². The highest BCUT2D eigenvalue weighted by Crippen LogP contribution is 2.11. The monoisotopic (exact) mass is 305 g/mol. The van der Waals surface area contributed by atoms with Gasteiger partial charge in [0.2, 0.25) is 0 Å². The zero-order chi connectivity index (χ0) is 16.4. The summed E-state index contributed by atoms with van der Waals surface area (Å²) in [6.07, 6.45) is 2.37. The molecule has 0 fully saturated rings. The van der Waals surface area contributed by atoms with Crippen LogP contribution >= 0.6 is 0 Å². The first kappa shape index (κ1) is 18.9. The average molecular weight is 305 g/mol. The third-order valence-corrected chi connectivity index (χ3v) is 3.53.